The van der Waals surface area contributed by atoms with Crippen molar-refractivity contribution >= 4 is 15.9 Å². The van der Waals surface area contributed by atoms with E-state index < -0.39 is 32.7 Å². The van der Waals surface area contributed by atoms with E-state index in [1.54, 1.807) is 0 Å². The van der Waals surface area contributed by atoms with E-state index in [2.05, 4.69) is 22.0 Å². The van der Waals surface area contributed by atoms with Crippen molar-refractivity contribution in [3.8, 4) is 0 Å². The first-order chi connectivity index (χ1) is 21.1. The van der Waals surface area contributed by atoms with Crippen LogP contribution in [0.2, 0.25) is 0 Å². The molecule has 0 N–H and O–H groups in total. The van der Waals surface area contributed by atoms with E-state index in [9.17, 15) is 26.4 Å². The highest BCUT2D eigenvalue weighted by Gasteiger charge is 2.41. The number of alkyl halides is 3. The molecule has 3 aliphatic rings. The van der Waals surface area contributed by atoms with E-state index in [4.69, 9.17) is 0 Å². The molecule has 3 aliphatic heterocycles. The molecular weight excluding hydrogens is 589 g/mol. The summed E-state index contributed by atoms with van der Waals surface area (Å²) in [5.41, 5.74) is 0.193. The highest BCUT2D eigenvalue weighted by molar-refractivity contribution is 7.89. The maximum Gasteiger partial charge on any atom is 0.417 e. The third-order valence-electron chi connectivity index (χ3n) is 9.97. The number of hydrogen-bond acceptors (Lipinski definition) is 5. The molecule has 242 valence electrons. The fraction of sp³-hybridized carbons (Fsp3) is 0.636. The van der Waals surface area contributed by atoms with Gasteiger partial charge in [0.2, 0.25) is 15.9 Å². The summed E-state index contributed by atoms with van der Waals surface area (Å²) in [5, 5.41) is 0. The number of nitrogens with zero attached hydrogens (tertiary/aromatic N) is 4. The average molecular weight is 635 g/mol. The Kier molecular flexibility index (Phi) is 10.7. The van der Waals surface area contributed by atoms with Gasteiger partial charge in [-0.25, -0.2) is 8.42 Å². The van der Waals surface area contributed by atoms with Crippen LogP contribution >= 0.6 is 0 Å². The molecule has 1 aromatic carbocycles. The Hall–Kier alpha value is -2.50. The highest BCUT2D eigenvalue weighted by Crippen LogP contribution is 2.40. The minimum atomic E-state index is -4.77. The van der Waals surface area contributed by atoms with Crippen LogP contribution < -0.4 is 0 Å². The topological polar surface area (TPSA) is 73.8 Å². The minimum absolute atomic E-state index is 0.0309. The summed E-state index contributed by atoms with van der Waals surface area (Å²) in [4.78, 5) is 21.3. The molecule has 0 spiro atoms. The molecule has 3 saturated heterocycles. The molecule has 44 heavy (non-hydrogen) atoms. The second-order valence-electron chi connectivity index (χ2n) is 12.7. The fourth-order valence-corrected chi connectivity index (χ4v) is 9.44. The van der Waals surface area contributed by atoms with Gasteiger partial charge in [-0.05, 0) is 119 Å². The molecule has 3 fully saturated rings. The fourth-order valence-electron chi connectivity index (χ4n) is 7.50. The van der Waals surface area contributed by atoms with Crippen LogP contribution in [0.5, 0.6) is 0 Å². The Morgan fingerprint density at radius 3 is 2.30 bits per heavy atom. The number of piperidine rings is 2. The molecule has 1 unspecified atom stereocenters. The second kappa shape index (κ2) is 14.3. The average Bonchev–Trinajstić information content (AvgIpc) is 3.55. The largest absolute Gasteiger partial charge is 0.417 e. The zero-order chi connectivity index (χ0) is 31.2. The van der Waals surface area contributed by atoms with Crippen molar-refractivity contribution in [1.29, 1.82) is 0 Å². The van der Waals surface area contributed by atoms with Gasteiger partial charge in [-0.3, -0.25) is 9.78 Å². The van der Waals surface area contributed by atoms with Crippen LogP contribution in [-0.4, -0.2) is 78.7 Å². The lowest BCUT2D eigenvalue weighted by Crippen LogP contribution is -2.46. The van der Waals surface area contributed by atoms with Gasteiger partial charge in [-0.1, -0.05) is 18.6 Å². The molecule has 2 aromatic rings. The SMILES string of the molecule is O=C(CCCC1CCCCN1S(=O)(=O)c1ccccc1C(F)(F)F)N1CCC(CCCN2CCCC2)(c2ccncc2)CC1. The number of aromatic nitrogens is 1. The summed E-state index contributed by atoms with van der Waals surface area (Å²) in [6.07, 6.45) is 8.77. The summed E-state index contributed by atoms with van der Waals surface area (Å²) in [6.45, 7) is 5.05. The third-order valence-corrected chi connectivity index (χ3v) is 12.0. The molecule has 11 heteroatoms. The van der Waals surface area contributed by atoms with Gasteiger partial charge in [0.25, 0.3) is 0 Å². The Bertz CT molecular complexity index is 1340. The predicted molar refractivity (Wildman–Crippen MR) is 163 cm³/mol. The van der Waals surface area contributed by atoms with Gasteiger partial charge in [0.15, 0.2) is 0 Å². The summed E-state index contributed by atoms with van der Waals surface area (Å²) in [5.74, 6) is 0.0676. The van der Waals surface area contributed by atoms with Crippen molar-refractivity contribution < 1.29 is 26.4 Å². The Morgan fingerprint density at radius 2 is 1.59 bits per heavy atom. The van der Waals surface area contributed by atoms with Crippen LogP contribution in [0.4, 0.5) is 13.2 Å². The van der Waals surface area contributed by atoms with Crippen LogP contribution in [0, 0.1) is 0 Å². The quantitative estimate of drug-likeness (QED) is 0.292. The smallest absolute Gasteiger partial charge is 0.343 e. The standard InChI is InChI=1S/C33H45F3N4O3S/c34-33(35,36)29-11-1-2-12-30(29)44(42,43)40-24-4-3-9-28(40)10-7-13-31(41)39-25-17-32(18-26-39,27-14-19-37-20-15-27)16-8-23-38-21-5-6-22-38/h1-2,11-12,14-15,19-20,28H,3-10,13,16-18,21-26H2. The van der Waals surface area contributed by atoms with Crippen LogP contribution in [0.25, 0.3) is 0 Å². The van der Waals surface area contributed by atoms with Gasteiger partial charge in [0.05, 0.1) is 10.5 Å². The van der Waals surface area contributed by atoms with Crippen molar-refractivity contribution in [1.82, 2.24) is 19.1 Å². The number of carbonyl (C=O) groups excluding carboxylic acids is 1. The van der Waals surface area contributed by atoms with Crippen LogP contribution in [0.3, 0.4) is 0 Å². The number of carbonyl (C=O) groups is 1. The van der Waals surface area contributed by atoms with E-state index in [-0.39, 0.29) is 17.9 Å². The van der Waals surface area contributed by atoms with E-state index in [1.165, 1.54) is 47.9 Å². The predicted octanol–water partition coefficient (Wildman–Crippen LogP) is 6.25. The van der Waals surface area contributed by atoms with Crippen LogP contribution in [0.1, 0.15) is 88.2 Å². The van der Waals surface area contributed by atoms with Crippen molar-refractivity contribution in [3.05, 3.63) is 59.9 Å². The van der Waals surface area contributed by atoms with E-state index in [0.29, 0.717) is 45.2 Å². The van der Waals surface area contributed by atoms with Gasteiger partial charge in [0.1, 0.15) is 0 Å². The summed E-state index contributed by atoms with van der Waals surface area (Å²) in [6, 6.07) is 8.21. The van der Waals surface area contributed by atoms with Gasteiger partial charge >= 0.3 is 6.18 Å². The van der Waals surface area contributed by atoms with Crippen molar-refractivity contribution in [2.45, 2.75) is 99.6 Å². The van der Waals surface area contributed by atoms with E-state index >= 15 is 0 Å². The molecule has 7 nitrogen and oxygen atoms in total. The van der Waals surface area contributed by atoms with Crippen LogP contribution in [0.15, 0.2) is 53.7 Å². The molecule has 0 saturated carbocycles. The molecule has 1 aromatic heterocycles. The first-order valence-electron chi connectivity index (χ1n) is 16.2. The van der Waals surface area contributed by atoms with E-state index in [1.807, 2.05) is 17.3 Å². The normalized spacial score (nSPS) is 21.9. The highest BCUT2D eigenvalue weighted by atomic mass is 32.2. The van der Waals surface area contributed by atoms with Gasteiger partial charge < -0.3 is 9.80 Å². The molecule has 1 amide bonds. The first kappa shape index (κ1) is 32.9. The Morgan fingerprint density at radius 1 is 0.909 bits per heavy atom. The summed E-state index contributed by atoms with van der Waals surface area (Å²) < 4.78 is 69.2. The van der Waals surface area contributed by atoms with Crippen LogP contribution in [-0.2, 0) is 26.4 Å². The molecule has 0 radical (unpaired) electrons. The number of pyridine rings is 1. The van der Waals surface area contributed by atoms with Crippen molar-refractivity contribution in [2.75, 3.05) is 39.3 Å². The lowest BCUT2D eigenvalue weighted by molar-refractivity contribution is -0.140. The lowest BCUT2D eigenvalue weighted by Gasteiger charge is -2.43. The Labute approximate surface area is 259 Å². The zero-order valence-electron chi connectivity index (χ0n) is 25.5. The number of benzene rings is 1. The Balaban J connectivity index is 1.17. The molecule has 5 rings (SSSR count). The number of hydrogen-bond donors (Lipinski definition) is 0. The maximum atomic E-state index is 13.7. The monoisotopic (exact) mass is 634 g/mol. The number of likely N-dealkylation sites (tertiary alicyclic amines) is 2. The first-order valence-corrected chi connectivity index (χ1v) is 17.6. The van der Waals surface area contributed by atoms with Gasteiger partial charge in [0, 0.05) is 44.5 Å². The second-order valence-corrected chi connectivity index (χ2v) is 14.6. The van der Waals surface area contributed by atoms with Crippen molar-refractivity contribution in [2.24, 2.45) is 0 Å². The number of halogens is 3. The van der Waals surface area contributed by atoms with Gasteiger partial charge in [-0.15, -0.1) is 0 Å². The minimum Gasteiger partial charge on any atom is -0.343 e. The van der Waals surface area contributed by atoms with Crippen molar-refractivity contribution in [3.63, 3.8) is 0 Å². The third kappa shape index (κ3) is 7.65. The summed E-state index contributed by atoms with van der Waals surface area (Å²) >= 11 is 0. The maximum absolute atomic E-state index is 13.7. The number of sulfonamides is 1. The molecule has 4 heterocycles. The summed E-state index contributed by atoms with van der Waals surface area (Å²) in [7, 11) is -4.34. The van der Waals surface area contributed by atoms with Gasteiger partial charge in [-0.2, -0.15) is 17.5 Å². The zero-order valence-corrected chi connectivity index (χ0v) is 26.3. The molecule has 0 aliphatic carbocycles. The number of rotatable bonds is 11. The lowest BCUT2D eigenvalue weighted by atomic mass is 9.70. The molecule has 0 bridgehead atoms. The molecule has 1 atom stereocenters. The van der Waals surface area contributed by atoms with E-state index in [0.717, 1.165) is 50.8 Å². The number of amides is 1. The molecular formula is C33H45F3N4O3S.